The summed E-state index contributed by atoms with van der Waals surface area (Å²) in [7, 11) is 0. The van der Waals surface area contributed by atoms with E-state index in [1.807, 2.05) is 24.3 Å². The molecule has 0 N–H and O–H groups in total. The Balaban J connectivity index is 1.98. The predicted octanol–water partition coefficient (Wildman–Crippen LogP) is 6.89. The van der Waals surface area contributed by atoms with Crippen molar-refractivity contribution in [2.45, 2.75) is 45.6 Å². The van der Waals surface area contributed by atoms with E-state index < -0.39 is 5.91 Å². The van der Waals surface area contributed by atoms with Crippen LogP contribution < -0.4 is 0 Å². The Kier molecular flexibility index (Phi) is 6.70. The third-order valence-electron chi connectivity index (χ3n) is 4.99. The van der Waals surface area contributed by atoms with Crippen LogP contribution >= 0.6 is 0 Å². The Morgan fingerprint density at radius 2 is 1.83 bits per heavy atom. The monoisotopic (exact) mass is 392 g/mol. The van der Waals surface area contributed by atoms with Crippen molar-refractivity contribution in [3.05, 3.63) is 71.0 Å². The molecule has 0 bridgehead atoms. The van der Waals surface area contributed by atoms with Crippen LogP contribution in [-0.2, 0) is 4.79 Å². The van der Waals surface area contributed by atoms with E-state index in [4.69, 9.17) is 0 Å². The molecule has 1 aromatic heterocycles. The minimum atomic E-state index is -0.590. The van der Waals surface area contributed by atoms with Crippen LogP contribution in [0.15, 0.2) is 59.8 Å². The lowest BCUT2D eigenvalue weighted by Crippen LogP contribution is -2.02. The van der Waals surface area contributed by atoms with Crippen LogP contribution in [0, 0.1) is 10.7 Å². The first-order valence-corrected chi connectivity index (χ1v) is 9.94. The molecule has 0 saturated heterocycles. The molecule has 3 rings (SSSR count). The van der Waals surface area contributed by atoms with Crippen molar-refractivity contribution < 1.29 is 9.18 Å². The highest BCUT2D eigenvalue weighted by molar-refractivity contribution is 6.01. The number of hydrogen-bond donors (Lipinski definition) is 0. The molecule has 29 heavy (non-hydrogen) atoms. The number of benzene rings is 2. The molecule has 0 aliphatic heterocycles. The summed E-state index contributed by atoms with van der Waals surface area (Å²) in [4.78, 5) is 21.1. The maximum absolute atomic E-state index is 13.5. The molecule has 0 saturated carbocycles. The summed E-state index contributed by atoms with van der Waals surface area (Å²) in [6.07, 6.45) is 6.66. The lowest BCUT2D eigenvalue weighted by molar-refractivity contribution is -0.118. The molecule has 0 aliphatic rings. The molecule has 5 heteroatoms. The van der Waals surface area contributed by atoms with Crippen LogP contribution in [-0.4, -0.2) is 10.5 Å². The molecule has 1 heterocycles. The minimum absolute atomic E-state index is 0.199. The van der Waals surface area contributed by atoms with Crippen LogP contribution in [0.4, 0.5) is 4.39 Å². The average molecular weight is 392 g/mol. The van der Waals surface area contributed by atoms with Crippen molar-refractivity contribution in [3.63, 3.8) is 0 Å². The van der Waals surface area contributed by atoms with Gasteiger partial charge in [-0.15, -0.1) is 4.91 Å². The zero-order valence-corrected chi connectivity index (χ0v) is 16.8. The molecule has 1 amide bonds. The van der Waals surface area contributed by atoms with Gasteiger partial charge in [-0.05, 0) is 62.9 Å². The highest BCUT2D eigenvalue weighted by Crippen LogP contribution is 2.37. The van der Waals surface area contributed by atoms with Crippen molar-refractivity contribution in [1.82, 2.24) is 4.57 Å². The zero-order chi connectivity index (χ0) is 20.8. The second-order valence-corrected chi connectivity index (χ2v) is 7.38. The number of nitroso groups, excluding NO2 is 1. The van der Waals surface area contributed by atoms with Gasteiger partial charge in [0.25, 0.3) is 5.91 Å². The van der Waals surface area contributed by atoms with Crippen molar-refractivity contribution in [3.8, 4) is 11.1 Å². The van der Waals surface area contributed by atoms with Crippen molar-refractivity contribution in [1.29, 1.82) is 0 Å². The Bertz CT molecular complexity index is 1030. The largest absolute Gasteiger partial charge is 0.338 e. The molecule has 0 aliphatic carbocycles. The second kappa shape index (κ2) is 9.41. The van der Waals surface area contributed by atoms with Crippen molar-refractivity contribution >= 4 is 22.9 Å². The Morgan fingerprint density at radius 3 is 2.52 bits per heavy atom. The van der Waals surface area contributed by atoms with Gasteiger partial charge in [-0.1, -0.05) is 36.4 Å². The van der Waals surface area contributed by atoms with Gasteiger partial charge in [0, 0.05) is 39.8 Å². The maximum Gasteiger partial charge on any atom is 0.286 e. The number of rotatable bonds is 8. The number of halogens is 1. The summed E-state index contributed by atoms with van der Waals surface area (Å²) < 4.78 is 15.8. The normalized spacial score (nSPS) is 11.6. The van der Waals surface area contributed by atoms with E-state index >= 15 is 0 Å². The van der Waals surface area contributed by atoms with Crippen LogP contribution in [0.2, 0.25) is 0 Å². The fraction of sp³-hybridized carbons (Fsp3) is 0.292. The first-order valence-electron chi connectivity index (χ1n) is 9.94. The van der Waals surface area contributed by atoms with E-state index in [1.165, 1.54) is 12.1 Å². The summed E-state index contributed by atoms with van der Waals surface area (Å²) >= 11 is 0. The molecular weight excluding hydrogens is 367 g/mol. The fourth-order valence-electron chi connectivity index (χ4n) is 3.70. The van der Waals surface area contributed by atoms with Gasteiger partial charge in [-0.3, -0.25) is 4.79 Å². The summed E-state index contributed by atoms with van der Waals surface area (Å²) in [6.45, 7) is 4.30. The molecule has 0 spiro atoms. The van der Waals surface area contributed by atoms with Crippen LogP contribution in [0.25, 0.3) is 28.1 Å². The number of hydrogen-bond acceptors (Lipinski definition) is 2. The van der Waals surface area contributed by atoms with Gasteiger partial charge in [0.05, 0.1) is 0 Å². The molecule has 2 aromatic carbocycles. The van der Waals surface area contributed by atoms with Crippen LogP contribution in [0.3, 0.4) is 0 Å². The minimum Gasteiger partial charge on any atom is -0.338 e. The van der Waals surface area contributed by atoms with E-state index in [0.717, 1.165) is 40.6 Å². The van der Waals surface area contributed by atoms with Gasteiger partial charge in [0.15, 0.2) is 0 Å². The third kappa shape index (κ3) is 4.67. The van der Waals surface area contributed by atoms with Gasteiger partial charge in [-0.2, -0.15) is 0 Å². The highest BCUT2D eigenvalue weighted by Gasteiger charge is 2.18. The van der Waals surface area contributed by atoms with Gasteiger partial charge < -0.3 is 4.57 Å². The number of nitrogens with zero attached hydrogens (tertiary/aromatic N) is 2. The van der Waals surface area contributed by atoms with E-state index in [-0.39, 0.29) is 18.3 Å². The molecular formula is C24H25FN2O2. The third-order valence-corrected chi connectivity index (χ3v) is 4.99. The molecule has 0 unspecified atom stereocenters. The van der Waals surface area contributed by atoms with Gasteiger partial charge in [0.2, 0.25) is 0 Å². The number of carbonyl (C=O) groups is 1. The molecule has 3 aromatic rings. The van der Waals surface area contributed by atoms with Crippen LogP contribution in [0.5, 0.6) is 0 Å². The topological polar surface area (TPSA) is 51.4 Å². The van der Waals surface area contributed by atoms with Gasteiger partial charge in [0.1, 0.15) is 5.82 Å². The average Bonchev–Trinajstić information content (AvgIpc) is 3.05. The summed E-state index contributed by atoms with van der Waals surface area (Å²) in [6, 6.07) is 15.1. The molecule has 0 atom stereocenters. The molecule has 150 valence electrons. The summed E-state index contributed by atoms with van der Waals surface area (Å²) in [5.41, 5.74) is 4.29. The standard InChI is InChI=1S/C24H25FN2O2/c1-17(2)27-21-10-8-7-9-20(21)24(18-13-15-19(25)16-14-18)22(27)11-5-3-4-6-12-23(28)26-29/h5,7-11,13-17H,3-4,6,12H2,1-2H3/b11-5+. The predicted molar refractivity (Wildman–Crippen MR) is 116 cm³/mol. The Morgan fingerprint density at radius 1 is 1.10 bits per heavy atom. The first kappa shape index (κ1) is 20.6. The molecule has 0 fully saturated rings. The van der Waals surface area contributed by atoms with E-state index in [9.17, 15) is 14.1 Å². The zero-order valence-electron chi connectivity index (χ0n) is 16.8. The smallest absolute Gasteiger partial charge is 0.286 e. The number of fused-ring (bicyclic) bond motifs is 1. The SMILES string of the molecule is CC(C)n1c(/C=C/CCCCC(=O)N=O)c(-c2ccc(F)cc2)c2ccccc21. The number of carbonyl (C=O) groups excluding carboxylic acids is 1. The molecule has 0 radical (unpaired) electrons. The number of unbranched alkanes of at least 4 members (excludes halogenated alkanes) is 2. The number of para-hydroxylation sites is 1. The lowest BCUT2D eigenvalue weighted by atomic mass is 10.0. The number of allylic oxidation sites excluding steroid dienone is 1. The summed E-state index contributed by atoms with van der Waals surface area (Å²) in [5, 5.41) is 3.56. The number of aromatic nitrogens is 1. The van der Waals surface area contributed by atoms with Crippen molar-refractivity contribution in [2.24, 2.45) is 5.18 Å². The van der Waals surface area contributed by atoms with Gasteiger partial charge >= 0.3 is 0 Å². The number of amides is 1. The van der Waals surface area contributed by atoms with Crippen LogP contribution in [0.1, 0.15) is 51.3 Å². The highest BCUT2D eigenvalue weighted by atomic mass is 19.1. The Hall–Kier alpha value is -3.08. The van der Waals surface area contributed by atoms with E-state index in [0.29, 0.717) is 6.42 Å². The lowest BCUT2D eigenvalue weighted by Gasteiger charge is -2.13. The molecule has 4 nitrogen and oxygen atoms in total. The summed E-state index contributed by atoms with van der Waals surface area (Å²) in [5.74, 6) is -0.842. The quantitative estimate of drug-likeness (QED) is 0.309. The fourth-order valence-corrected chi connectivity index (χ4v) is 3.70. The van der Waals surface area contributed by atoms with Crippen molar-refractivity contribution in [2.75, 3.05) is 0 Å². The first-order chi connectivity index (χ1) is 14.0. The second-order valence-electron chi connectivity index (χ2n) is 7.38. The van der Waals surface area contributed by atoms with E-state index in [2.05, 4.69) is 47.9 Å². The van der Waals surface area contributed by atoms with Gasteiger partial charge in [-0.25, -0.2) is 4.39 Å². The Labute approximate surface area is 170 Å². The maximum atomic E-state index is 13.5. The van der Waals surface area contributed by atoms with E-state index in [1.54, 1.807) is 0 Å².